The monoisotopic (exact) mass is 494 g/mol. The molecule has 0 spiro atoms. The third-order valence-corrected chi connectivity index (χ3v) is 5.17. The Bertz CT molecular complexity index is 1210. The normalized spacial score (nSPS) is 10.7. The molecule has 4 aromatic rings. The molecular formula is C23H20BrFN6O. The molecule has 0 saturated heterocycles. The van der Waals surface area contributed by atoms with Crippen LogP contribution in [0.15, 0.2) is 71.6 Å². The molecular weight excluding hydrogens is 475 g/mol. The molecule has 9 heteroatoms. The summed E-state index contributed by atoms with van der Waals surface area (Å²) in [6, 6.07) is 15.5. The Morgan fingerprint density at radius 2 is 1.97 bits per heavy atom. The predicted octanol–water partition coefficient (Wildman–Crippen LogP) is 4.35. The molecule has 0 fully saturated rings. The fourth-order valence-electron chi connectivity index (χ4n) is 3.16. The summed E-state index contributed by atoms with van der Waals surface area (Å²) in [7, 11) is 0. The van der Waals surface area contributed by atoms with E-state index in [1.807, 2.05) is 24.3 Å². The molecule has 0 unspecified atom stereocenters. The maximum absolute atomic E-state index is 13.4. The van der Waals surface area contributed by atoms with E-state index in [-0.39, 0.29) is 18.3 Å². The van der Waals surface area contributed by atoms with Gasteiger partial charge in [0.05, 0.1) is 29.7 Å². The van der Waals surface area contributed by atoms with E-state index in [1.54, 1.807) is 30.6 Å². The van der Waals surface area contributed by atoms with Crippen LogP contribution < -0.4 is 10.6 Å². The molecule has 3 heterocycles. The zero-order valence-corrected chi connectivity index (χ0v) is 18.6. The van der Waals surface area contributed by atoms with E-state index in [0.717, 1.165) is 16.8 Å². The van der Waals surface area contributed by atoms with Crippen molar-refractivity contribution in [1.29, 1.82) is 0 Å². The first-order valence-electron chi connectivity index (χ1n) is 9.96. The smallest absolute Gasteiger partial charge is 0.255 e. The van der Waals surface area contributed by atoms with Crippen molar-refractivity contribution in [2.75, 3.05) is 11.9 Å². The van der Waals surface area contributed by atoms with Crippen molar-refractivity contribution >= 4 is 27.7 Å². The van der Waals surface area contributed by atoms with Crippen molar-refractivity contribution in [3.63, 3.8) is 0 Å². The third kappa shape index (κ3) is 5.55. The van der Waals surface area contributed by atoms with Gasteiger partial charge in [-0.25, -0.2) is 14.4 Å². The number of nitrogens with one attached hydrogen (secondary N) is 3. The minimum absolute atomic E-state index is 0.272. The Morgan fingerprint density at radius 3 is 2.75 bits per heavy atom. The van der Waals surface area contributed by atoms with Crippen LogP contribution in [0.2, 0.25) is 0 Å². The summed E-state index contributed by atoms with van der Waals surface area (Å²) in [6.45, 7) is 0.767. The van der Waals surface area contributed by atoms with E-state index in [1.165, 1.54) is 12.1 Å². The zero-order valence-electron chi connectivity index (χ0n) is 17.0. The van der Waals surface area contributed by atoms with Crippen molar-refractivity contribution in [1.82, 2.24) is 25.5 Å². The lowest BCUT2D eigenvalue weighted by Gasteiger charge is -2.13. The molecule has 0 saturated carbocycles. The summed E-state index contributed by atoms with van der Waals surface area (Å²) >= 11 is 3.33. The molecule has 0 atom stereocenters. The fourth-order valence-corrected chi connectivity index (χ4v) is 3.54. The van der Waals surface area contributed by atoms with Gasteiger partial charge in [0.25, 0.3) is 5.91 Å². The number of nitrogens with zero attached hydrogens (tertiary/aromatic N) is 3. The van der Waals surface area contributed by atoms with Crippen LogP contribution >= 0.6 is 15.9 Å². The molecule has 3 N–H and O–H groups in total. The first-order chi connectivity index (χ1) is 15.6. The van der Waals surface area contributed by atoms with Crippen LogP contribution in [-0.2, 0) is 13.0 Å². The zero-order chi connectivity index (χ0) is 22.3. The van der Waals surface area contributed by atoms with Gasteiger partial charge in [0.1, 0.15) is 16.2 Å². The van der Waals surface area contributed by atoms with Crippen LogP contribution in [-0.4, -0.2) is 32.6 Å². The number of halogens is 2. The molecule has 1 aromatic carbocycles. The van der Waals surface area contributed by atoms with E-state index >= 15 is 0 Å². The van der Waals surface area contributed by atoms with Crippen molar-refractivity contribution in [3.8, 4) is 11.3 Å². The van der Waals surface area contributed by atoms with Crippen LogP contribution in [0.1, 0.15) is 21.6 Å². The van der Waals surface area contributed by atoms with Gasteiger partial charge in [0.15, 0.2) is 0 Å². The Labute approximate surface area is 192 Å². The van der Waals surface area contributed by atoms with Crippen LogP contribution in [0.3, 0.4) is 0 Å². The number of carbonyl (C=O) groups excluding carboxylic acids is 1. The average molecular weight is 495 g/mol. The SMILES string of the molecule is O=C(NCc1cccc(Br)n1)c1ccc(-c2cn[nH]c2)nc1NCCc1cccc(F)c1. The topological polar surface area (TPSA) is 95.6 Å². The van der Waals surface area contributed by atoms with Gasteiger partial charge in [-0.1, -0.05) is 18.2 Å². The number of aromatic amines is 1. The minimum atomic E-state index is -0.274. The molecule has 0 radical (unpaired) electrons. The lowest BCUT2D eigenvalue weighted by molar-refractivity contribution is 0.0951. The highest BCUT2D eigenvalue weighted by Crippen LogP contribution is 2.21. The van der Waals surface area contributed by atoms with Crippen molar-refractivity contribution in [2.45, 2.75) is 13.0 Å². The first-order valence-corrected chi connectivity index (χ1v) is 10.8. The highest BCUT2D eigenvalue weighted by atomic mass is 79.9. The number of hydrogen-bond acceptors (Lipinski definition) is 5. The van der Waals surface area contributed by atoms with E-state index in [9.17, 15) is 9.18 Å². The first kappa shape index (κ1) is 21.6. The number of hydrogen-bond donors (Lipinski definition) is 3. The average Bonchev–Trinajstić information content (AvgIpc) is 3.33. The van der Waals surface area contributed by atoms with Gasteiger partial charge in [0.2, 0.25) is 0 Å². The number of aromatic nitrogens is 4. The maximum atomic E-state index is 13.4. The van der Waals surface area contributed by atoms with E-state index < -0.39 is 0 Å². The second-order valence-corrected chi connectivity index (χ2v) is 7.83. The summed E-state index contributed by atoms with van der Waals surface area (Å²) in [5, 5.41) is 12.8. The van der Waals surface area contributed by atoms with Gasteiger partial charge in [-0.2, -0.15) is 5.10 Å². The summed E-state index contributed by atoms with van der Waals surface area (Å²) < 4.78 is 14.1. The van der Waals surface area contributed by atoms with Crippen LogP contribution in [0, 0.1) is 5.82 Å². The van der Waals surface area contributed by atoms with Crippen molar-refractivity contribution < 1.29 is 9.18 Å². The number of carbonyl (C=O) groups is 1. The Morgan fingerprint density at radius 1 is 1.09 bits per heavy atom. The number of rotatable bonds is 8. The molecule has 0 aliphatic rings. The summed E-state index contributed by atoms with van der Waals surface area (Å²) in [5.74, 6) is -0.102. The molecule has 7 nitrogen and oxygen atoms in total. The minimum Gasteiger partial charge on any atom is -0.369 e. The Hall–Kier alpha value is -3.59. The van der Waals surface area contributed by atoms with Crippen LogP contribution in [0.25, 0.3) is 11.3 Å². The number of benzene rings is 1. The third-order valence-electron chi connectivity index (χ3n) is 4.73. The fraction of sp³-hybridized carbons (Fsp3) is 0.130. The molecule has 0 bridgehead atoms. The van der Waals surface area contributed by atoms with E-state index in [0.29, 0.717) is 34.6 Å². The largest absolute Gasteiger partial charge is 0.369 e. The Kier molecular flexibility index (Phi) is 6.86. The highest BCUT2D eigenvalue weighted by molar-refractivity contribution is 9.10. The molecule has 32 heavy (non-hydrogen) atoms. The predicted molar refractivity (Wildman–Crippen MR) is 124 cm³/mol. The second-order valence-electron chi connectivity index (χ2n) is 7.02. The van der Waals surface area contributed by atoms with Gasteiger partial charge < -0.3 is 10.6 Å². The number of amides is 1. The Balaban J connectivity index is 1.51. The van der Waals surface area contributed by atoms with Crippen LogP contribution in [0.5, 0.6) is 0 Å². The van der Waals surface area contributed by atoms with Gasteiger partial charge in [-0.15, -0.1) is 0 Å². The van der Waals surface area contributed by atoms with Gasteiger partial charge in [0, 0.05) is 18.3 Å². The van der Waals surface area contributed by atoms with E-state index in [4.69, 9.17) is 0 Å². The highest BCUT2D eigenvalue weighted by Gasteiger charge is 2.15. The second kappa shape index (κ2) is 10.1. The van der Waals surface area contributed by atoms with Crippen molar-refractivity contribution in [2.24, 2.45) is 0 Å². The summed E-state index contributed by atoms with van der Waals surface area (Å²) in [5.41, 5.74) is 3.48. The lowest BCUT2D eigenvalue weighted by Crippen LogP contribution is -2.25. The van der Waals surface area contributed by atoms with Gasteiger partial charge in [-0.05, 0) is 64.3 Å². The molecule has 1 amide bonds. The number of pyridine rings is 2. The lowest BCUT2D eigenvalue weighted by atomic mass is 10.1. The van der Waals surface area contributed by atoms with Crippen molar-refractivity contribution in [3.05, 3.63) is 94.2 Å². The quantitative estimate of drug-likeness (QED) is 0.316. The molecule has 3 aromatic heterocycles. The molecule has 0 aliphatic heterocycles. The molecule has 0 aliphatic carbocycles. The standard InChI is InChI=1S/C23H20BrFN6O/c24-21-6-2-5-18(30-21)14-27-23(32)19-7-8-20(16-12-28-29-13-16)31-22(19)26-10-9-15-3-1-4-17(25)11-15/h1-8,11-13H,9-10,14H2,(H,26,31)(H,27,32)(H,28,29). The van der Waals surface area contributed by atoms with E-state index in [2.05, 4.69) is 46.7 Å². The number of anilines is 1. The van der Waals surface area contributed by atoms with Gasteiger partial charge in [-0.3, -0.25) is 9.89 Å². The summed E-state index contributed by atoms with van der Waals surface area (Å²) in [6.07, 6.45) is 3.98. The molecule has 162 valence electrons. The number of H-pyrrole nitrogens is 1. The molecule has 4 rings (SSSR count). The maximum Gasteiger partial charge on any atom is 0.255 e. The summed E-state index contributed by atoms with van der Waals surface area (Å²) in [4.78, 5) is 21.9. The van der Waals surface area contributed by atoms with Crippen LogP contribution in [0.4, 0.5) is 10.2 Å². The van der Waals surface area contributed by atoms with Gasteiger partial charge >= 0.3 is 0 Å².